The minimum Gasteiger partial charge on any atom is -0.493 e. The van der Waals surface area contributed by atoms with E-state index in [1.165, 1.54) is 0 Å². The maximum Gasteiger partial charge on any atom is 0.258 e. The van der Waals surface area contributed by atoms with Crippen molar-refractivity contribution >= 4 is 23.4 Å². The number of H-pyrrole nitrogens is 1. The molecule has 2 aromatic rings. The molecule has 0 saturated heterocycles. The quantitative estimate of drug-likeness (QED) is 0.579. The number of thioether (sulfide) groups is 1. The van der Waals surface area contributed by atoms with Gasteiger partial charge in [-0.15, -0.1) is 0 Å². The molecule has 0 aliphatic heterocycles. The van der Waals surface area contributed by atoms with Crippen molar-refractivity contribution in [3.63, 3.8) is 0 Å². The third-order valence-corrected chi connectivity index (χ3v) is 3.87. The number of amides is 1. The van der Waals surface area contributed by atoms with Gasteiger partial charge >= 0.3 is 0 Å². The molecule has 0 aliphatic rings. The van der Waals surface area contributed by atoms with Crippen molar-refractivity contribution in [1.82, 2.24) is 9.97 Å². The highest BCUT2D eigenvalue weighted by molar-refractivity contribution is 7.99. The molecule has 2 rings (SSSR count). The van der Waals surface area contributed by atoms with Crippen LogP contribution in [0.3, 0.4) is 0 Å². The monoisotopic (exact) mass is 319 g/mol. The molecule has 0 spiro atoms. The number of carbonyl (C=O) groups is 1. The normalized spacial score (nSPS) is 10.5. The zero-order valence-corrected chi connectivity index (χ0v) is 13.2. The van der Waals surface area contributed by atoms with Crippen molar-refractivity contribution in [3.8, 4) is 5.88 Å². The third-order valence-electron chi connectivity index (χ3n) is 3.00. The van der Waals surface area contributed by atoms with Gasteiger partial charge in [-0.25, -0.2) is 0 Å². The van der Waals surface area contributed by atoms with Crippen LogP contribution in [0.2, 0.25) is 0 Å². The maximum atomic E-state index is 11.8. The Labute approximate surface area is 132 Å². The molecule has 3 N–H and O–H groups in total. The topological polar surface area (TPSA) is 95.1 Å². The summed E-state index contributed by atoms with van der Waals surface area (Å²) in [6.07, 6.45) is 0.396. The predicted molar refractivity (Wildman–Crippen MR) is 86.4 cm³/mol. The largest absolute Gasteiger partial charge is 0.493 e. The molecule has 0 fully saturated rings. The maximum absolute atomic E-state index is 11.8. The van der Waals surface area contributed by atoms with Crippen molar-refractivity contribution in [3.05, 3.63) is 45.7 Å². The second kappa shape index (κ2) is 7.13. The molecular weight excluding hydrogens is 302 g/mol. The van der Waals surface area contributed by atoms with E-state index in [0.717, 1.165) is 17.3 Å². The third kappa shape index (κ3) is 4.11. The first-order chi connectivity index (χ1) is 10.5. The molecular formula is C15H17N3O3S. The molecule has 7 heteroatoms. The van der Waals surface area contributed by atoms with Gasteiger partial charge in [0.2, 0.25) is 11.8 Å². The number of anilines is 1. The lowest BCUT2D eigenvalue weighted by molar-refractivity contribution is -0.113. The zero-order chi connectivity index (χ0) is 16.1. The van der Waals surface area contributed by atoms with E-state index in [1.807, 2.05) is 31.2 Å². The van der Waals surface area contributed by atoms with Crippen molar-refractivity contribution < 1.29 is 9.90 Å². The summed E-state index contributed by atoms with van der Waals surface area (Å²) >= 11 is 1.06. The Bertz CT molecular complexity index is 726. The van der Waals surface area contributed by atoms with Crippen LogP contribution in [0.25, 0.3) is 0 Å². The fourth-order valence-electron chi connectivity index (χ4n) is 1.82. The van der Waals surface area contributed by atoms with Gasteiger partial charge in [0.1, 0.15) is 0 Å². The summed E-state index contributed by atoms with van der Waals surface area (Å²) in [4.78, 5) is 30.0. The fourth-order valence-corrected chi connectivity index (χ4v) is 2.48. The highest BCUT2D eigenvalue weighted by Gasteiger charge is 2.10. The van der Waals surface area contributed by atoms with E-state index in [2.05, 4.69) is 15.3 Å². The predicted octanol–water partition coefficient (Wildman–Crippen LogP) is 2.08. The van der Waals surface area contributed by atoms with Gasteiger partial charge in [0, 0.05) is 5.69 Å². The van der Waals surface area contributed by atoms with E-state index in [1.54, 1.807) is 6.92 Å². The minimum atomic E-state index is -0.378. The first-order valence-electron chi connectivity index (χ1n) is 6.81. The molecule has 1 aromatic heterocycles. The molecule has 116 valence electrons. The summed E-state index contributed by atoms with van der Waals surface area (Å²) in [6.45, 7) is 3.73. The number of aryl methyl sites for hydroxylation is 1. The minimum absolute atomic E-state index is 0.0850. The molecule has 1 amide bonds. The average molecular weight is 319 g/mol. The van der Waals surface area contributed by atoms with Crippen LogP contribution in [0.5, 0.6) is 5.88 Å². The number of hydrogen-bond donors (Lipinski definition) is 3. The van der Waals surface area contributed by atoms with E-state index >= 15 is 0 Å². The molecule has 22 heavy (non-hydrogen) atoms. The van der Waals surface area contributed by atoms with Gasteiger partial charge in [0.15, 0.2) is 5.16 Å². The van der Waals surface area contributed by atoms with Crippen LogP contribution in [-0.4, -0.2) is 26.7 Å². The summed E-state index contributed by atoms with van der Waals surface area (Å²) in [7, 11) is 0. The summed E-state index contributed by atoms with van der Waals surface area (Å²) < 4.78 is 0. The van der Waals surface area contributed by atoms with Gasteiger partial charge in [-0.05, 0) is 25.5 Å². The first-order valence-corrected chi connectivity index (χ1v) is 7.79. The Kier molecular flexibility index (Phi) is 5.21. The van der Waals surface area contributed by atoms with Gasteiger partial charge in [0.25, 0.3) is 5.56 Å². The van der Waals surface area contributed by atoms with Gasteiger partial charge in [0.05, 0.1) is 11.3 Å². The Morgan fingerprint density at radius 3 is 2.64 bits per heavy atom. The lowest BCUT2D eigenvalue weighted by Gasteiger charge is -2.06. The van der Waals surface area contributed by atoms with E-state index < -0.39 is 0 Å². The summed E-state index contributed by atoms with van der Waals surface area (Å²) in [5, 5.41) is 12.6. The van der Waals surface area contributed by atoms with Crippen molar-refractivity contribution in [2.45, 2.75) is 25.4 Å². The number of aromatic amines is 1. The smallest absolute Gasteiger partial charge is 0.258 e. The van der Waals surface area contributed by atoms with Crippen molar-refractivity contribution in [1.29, 1.82) is 0 Å². The van der Waals surface area contributed by atoms with E-state index in [-0.39, 0.29) is 33.8 Å². The van der Waals surface area contributed by atoms with E-state index in [4.69, 9.17) is 0 Å². The molecule has 0 bridgehead atoms. The standard InChI is InChI=1S/C15H17N3O3S/c1-3-11-13(20)17-15(18-14(11)21)22-8-12(19)16-10-6-4-9(2)5-7-10/h4-7H,3,8H2,1-2H3,(H,16,19)(H2,17,18,20,21). The molecule has 6 nitrogen and oxygen atoms in total. The van der Waals surface area contributed by atoms with Crippen molar-refractivity contribution in [2.75, 3.05) is 11.1 Å². The van der Waals surface area contributed by atoms with E-state index in [9.17, 15) is 14.7 Å². The Hall–Kier alpha value is -2.28. The van der Waals surface area contributed by atoms with Crippen LogP contribution in [0.15, 0.2) is 34.2 Å². The SMILES string of the molecule is CCc1c(O)nc(SCC(=O)Nc2ccc(C)cc2)[nH]c1=O. The van der Waals surface area contributed by atoms with Crippen LogP contribution in [0.4, 0.5) is 5.69 Å². The van der Waals surface area contributed by atoms with Crippen molar-refractivity contribution in [2.24, 2.45) is 0 Å². The fraction of sp³-hybridized carbons (Fsp3) is 0.267. The molecule has 0 atom stereocenters. The highest BCUT2D eigenvalue weighted by atomic mass is 32.2. The number of nitrogens with zero attached hydrogens (tertiary/aromatic N) is 1. The van der Waals surface area contributed by atoms with Crippen LogP contribution >= 0.6 is 11.8 Å². The first kappa shape index (κ1) is 16.1. The zero-order valence-electron chi connectivity index (χ0n) is 12.3. The molecule has 0 radical (unpaired) electrons. The average Bonchev–Trinajstić information content (AvgIpc) is 2.47. The Balaban J connectivity index is 1.96. The Morgan fingerprint density at radius 1 is 1.36 bits per heavy atom. The second-order valence-corrected chi connectivity index (χ2v) is 5.69. The number of aromatic nitrogens is 2. The van der Waals surface area contributed by atoms with Crippen LogP contribution in [-0.2, 0) is 11.2 Å². The lowest BCUT2D eigenvalue weighted by atomic mass is 10.2. The van der Waals surface area contributed by atoms with Gasteiger partial charge < -0.3 is 15.4 Å². The van der Waals surface area contributed by atoms with Crippen LogP contribution in [0, 0.1) is 6.92 Å². The molecule has 0 aliphatic carbocycles. The number of benzene rings is 1. The molecule has 0 unspecified atom stereocenters. The van der Waals surface area contributed by atoms with Gasteiger partial charge in [-0.1, -0.05) is 36.4 Å². The van der Waals surface area contributed by atoms with Gasteiger partial charge in [-0.3, -0.25) is 9.59 Å². The lowest BCUT2D eigenvalue weighted by Crippen LogP contribution is -2.17. The number of rotatable bonds is 5. The summed E-state index contributed by atoms with van der Waals surface area (Å²) in [6, 6.07) is 7.45. The number of nitrogens with one attached hydrogen (secondary N) is 2. The van der Waals surface area contributed by atoms with E-state index in [0.29, 0.717) is 12.1 Å². The Morgan fingerprint density at radius 2 is 2.05 bits per heavy atom. The van der Waals surface area contributed by atoms with Gasteiger partial charge in [-0.2, -0.15) is 4.98 Å². The molecule has 0 saturated carbocycles. The molecule has 1 aromatic carbocycles. The molecule has 1 heterocycles. The summed E-state index contributed by atoms with van der Waals surface area (Å²) in [5.41, 5.74) is 1.69. The summed E-state index contributed by atoms with van der Waals surface area (Å²) in [5.74, 6) is -0.412. The number of aromatic hydroxyl groups is 1. The van der Waals surface area contributed by atoms with Crippen LogP contribution in [0.1, 0.15) is 18.1 Å². The second-order valence-electron chi connectivity index (χ2n) is 4.73. The highest BCUT2D eigenvalue weighted by Crippen LogP contribution is 2.17. The number of carbonyl (C=O) groups excluding carboxylic acids is 1. The number of hydrogen-bond acceptors (Lipinski definition) is 5. The van der Waals surface area contributed by atoms with Crippen LogP contribution < -0.4 is 10.9 Å².